The smallest absolute Gasteiger partial charge is 0.229 e. The van der Waals surface area contributed by atoms with Gasteiger partial charge in [0.1, 0.15) is 24.5 Å². The number of rotatable bonds is 6. The zero-order valence-electron chi connectivity index (χ0n) is 24.2. The first-order valence-electron chi connectivity index (χ1n) is 14.3. The zero-order valence-corrected chi connectivity index (χ0v) is 25.9. The van der Waals surface area contributed by atoms with E-state index in [0.29, 0.717) is 35.5 Å². The predicted molar refractivity (Wildman–Crippen MR) is 169 cm³/mol. The van der Waals surface area contributed by atoms with Crippen LogP contribution in [0.3, 0.4) is 0 Å². The van der Waals surface area contributed by atoms with Crippen molar-refractivity contribution in [1.29, 1.82) is 0 Å². The summed E-state index contributed by atoms with van der Waals surface area (Å²) in [7, 11) is -0.281. The number of likely N-dealkylation sites (tertiary alicyclic amines) is 1. The number of aromatic nitrogens is 2. The molecule has 6 rings (SSSR count). The molecule has 0 amide bonds. The number of ether oxygens (including phenoxy) is 1. The van der Waals surface area contributed by atoms with E-state index >= 15 is 0 Å². The van der Waals surface area contributed by atoms with Crippen LogP contribution in [0.1, 0.15) is 18.4 Å². The lowest BCUT2D eigenvalue weighted by Crippen LogP contribution is -2.60. The Morgan fingerprint density at radius 2 is 1.83 bits per heavy atom. The minimum Gasteiger partial charge on any atom is -0.489 e. The van der Waals surface area contributed by atoms with E-state index in [1.165, 1.54) is 31.6 Å². The summed E-state index contributed by atoms with van der Waals surface area (Å²) in [5.41, 5.74) is 3.92. The SMILES string of the molecule is Cc1cc(Nc2ncc(Cl)c(Nc3ccccc3P(C)(C)=O)n2)cc2c1N1CCN(C3CCN(C)CC3)C[C@@H]1CO2. The monoisotopic (exact) mass is 595 g/mol. The third-order valence-corrected chi connectivity index (χ3v) is 10.3. The van der Waals surface area contributed by atoms with Crippen LogP contribution in [0.25, 0.3) is 0 Å². The van der Waals surface area contributed by atoms with Gasteiger partial charge in [-0.05, 0) is 77.0 Å². The molecule has 3 aliphatic rings. The quantitative estimate of drug-likeness (QED) is 0.376. The van der Waals surface area contributed by atoms with Gasteiger partial charge >= 0.3 is 0 Å². The number of fused-ring (bicyclic) bond motifs is 3. The average molecular weight is 596 g/mol. The topological polar surface area (TPSA) is 85.9 Å². The fourth-order valence-electron chi connectivity index (χ4n) is 6.31. The molecule has 0 radical (unpaired) electrons. The molecule has 11 heteroatoms. The van der Waals surface area contributed by atoms with Crippen LogP contribution < -0.4 is 25.6 Å². The Morgan fingerprint density at radius 1 is 1.05 bits per heavy atom. The van der Waals surface area contributed by atoms with Crippen molar-refractivity contribution in [2.75, 3.05) is 75.2 Å². The molecule has 218 valence electrons. The van der Waals surface area contributed by atoms with E-state index in [-0.39, 0.29) is 0 Å². The standard InChI is InChI=1S/C30H39ClN7O2P/c1-20-15-21(33-30-32-17-24(31)29(35-30)34-25-7-5-6-8-27(25)41(3,4)39)16-26-28(20)38-14-13-37(18-23(38)19-40-26)22-9-11-36(2)12-10-22/h5-8,15-17,22-23H,9-14,18-19H2,1-4H3,(H2,32,33,34,35)/t23-/m1/s1. The molecule has 3 aliphatic heterocycles. The second-order valence-corrected chi connectivity index (χ2v) is 15.4. The van der Waals surface area contributed by atoms with Gasteiger partial charge in [-0.15, -0.1) is 0 Å². The van der Waals surface area contributed by atoms with Crippen LogP contribution >= 0.6 is 18.7 Å². The van der Waals surface area contributed by atoms with Crippen LogP contribution in [0.5, 0.6) is 5.75 Å². The summed E-state index contributed by atoms with van der Waals surface area (Å²) in [4.78, 5) is 16.7. The van der Waals surface area contributed by atoms with E-state index in [2.05, 4.69) is 55.3 Å². The highest BCUT2D eigenvalue weighted by Gasteiger charge is 2.36. The Labute approximate surface area is 247 Å². The lowest BCUT2D eigenvalue weighted by atomic mass is 9.99. The number of anilines is 5. The van der Waals surface area contributed by atoms with Gasteiger partial charge in [-0.2, -0.15) is 4.98 Å². The van der Waals surface area contributed by atoms with E-state index in [1.54, 1.807) is 19.5 Å². The highest BCUT2D eigenvalue weighted by molar-refractivity contribution is 7.70. The lowest BCUT2D eigenvalue weighted by molar-refractivity contribution is 0.0867. The third kappa shape index (κ3) is 6.05. The number of piperidine rings is 1. The zero-order chi connectivity index (χ0) is 28.7. The molecule has 4 heterocycles. The molecular formula is C30H39ClN7O2P. The Hall–Kier alpha value is -2.84. The molecule has 3 aromatic rings. The maximum absolute atomic E-state index is 12.8. The average Bonchev–Trinajstić information content (AvgIpc) is 2.94. The molecule has 0 bridgehead atoms. The van der Waals surface area contributed by atoms with Gasteiger partial charge in [-0.3, -0.25) is 4.90 Å². The molecule has 2 fully saturated rings. The van der Waals surface area contributed by atoms with E-state index in [9.17, 15) is 4.57 Å². The highest BCUT2D eigenvalue weighted by Crippen LogP contribution is 2.42. The Morgan fingerprint density at radius 3 is 2.61 bits per heavy atom. The number of halogens is 1. The maximum Gasteiger partial charge on any atom is 0.229 e. The Kier molecular flexibility index (Phi) is 7.90. The van der Waals surface area contributed by atoms with Gasteiger partial charge in [0.05, 0.1) is 23.6 Å². The molecule has 2 saturated heterocycles. The number of nitrogens with one attached hydrogen (secondary N) is 2. The molecule has 9 nitrogen and oxygen atoms in total. The van der Waals surface area contributed by atoms with Gasteiger partial charge in [-0.1, -0.05) is 23.7 Å². The number of para-hydroxylation sites is 1. The molecule has 0 spiro atoms. The molecule has 0 unspecified atom stereocenters. The van der Waals surface area contributed by atoms with Gasteiger partial charge in [0.25, 0.3) is 0 Å². The van der Waals surface area contributed by atoms with Gasteiger partial charge < -0.3 is 29.7 Å². The maximum atomic E-state index is 12.8. The van der Waals surface area contributed by atoms with Crippen molar-refractivity contribution in [3.63, 3.8) is 0 Å². The van der Waals surface area contributed by atoms with Crippen molar-refractivity contribution in [3.05, 3.63) is 53.2 Å². The highest BCUT2D eigenvalue weighted by atomic mass is 35.5. The summed E-state index contributed by atoms with van der Waals surface area (Å²) in [6, 6.07) is 12.7. The summed E-state index contributed by atoms with van der Waals surface area (Å²) < 4.78 is 19.2. The second kappa shape index (κ2) is 11.4. The minimum atomic E-state index is -2.50. The molecule has 1 atom stereocenters. The molecule has 0 saturated carbocycles. The summed E-state index contributed by atoms with van der Waals surface area (Å²) in [5, 5.41) is 7.72. The molecule has 41 heavy (non-hydrogen) atoms. The number of hydrogen-bond donors (Lipinski definition) is 2. The number of benzene rings is 2. The van der Waals surface area contributed by atoms with Crippen LogP contribution in [0, 0.1) is 6.92 Å². The van der Waals surface area contributed by atoms with Crippen LogP contribution in [0.4, 0.5) is 28.8 Å². The summed E-state index contributed by atoms with van der Waals surface area (Å²) >= 11 is 6.45. The summed E-state index contributed by atoms with van der Waals surface area (Å²) in [6.07, 6.45) is 4.07. The van der Waals surface area contributed by atoms with Gasteiger partial charge in [-0.25, -0.2) is 4.98 Å². The van der Waals surface area contributed by atoms with Crippen molar-refractivity contribution in [3.8, 4) is 5.75 Å². The van der Waals surface area contributed by atoms with Crippen LogP contribution in [-0.4, -0.2) is 91.6 Å². The van der Waals surface area contributed by atoms with Crippen LogP contribution in [0.2, 0.25) is 5.02 Å². The van der Waals surface area contributed by atoms with Crippen molar-refractivity contribution in [2.45, 2.75) is 31.8 Å². The Bertz CT molecular complexity index is 1470. The molecule has 1 aromatic heterocycles. The number of hydrogen-bond acceptors (Lipinski definition) is 9. The van der Waals surface area contributed by atoms with Crippen molar-refractivity contribution < 1.29 is 9.30 Å². The number of nitrogens with zero attached hydrogens (tertiary/aromatic N) is 5. The molecule has 2 aromatic carbocycles. The van der Waals surface area contributed by atoms with Crippen molar-refractivity contribution >= 4 is 52.9 Å². The molecular weight excluding hydrogens is 557 g/mol. The van der Waals surface area contributed by atoms with Crippen molar-refractivity contribution in [1.82, 2.24) is 19.8 Å². The van der Waals surface area contributed by atoms with E-state index in [4.69, 9.17) is 16.3 Å². The number of aryl methyl sites for hydroxylation is 1. The fraction of sp³-hybridized carbons (Fsp3) is 0.467. The van der Waals surface area contributed by atoms with Gasteiger partial charge in [0, 0.05) is 42.7 Å². The fourth-order valence-corrected chi connectivity index (χ4v) is 7.61. The van der Waals surface area contributed by atoms with Crippen LogP contribution in [0.15, 0.2) is 42.6 Å². The first-order chi connectivity index (χ1) is 19.7. The predicted octanol–water partition coefficient (Wildman–Crippen LogP) is 5.15. The van der Waals surface area contributed by atoms with Gasteiger partial charge in [0.2, 0.25) is 5.95 Å². The first-order valence-corrected chi connectivity index (χ1v) is 17.3. The van der Waals surface area contributed by atoms with Crippen LogP contribution in [-0.2, 0) is 4.57 Å². The molecule has 2 N–H and O–H groups in total. The summed E-state index contributed by atoms with van der Waals surface area (Å²) in [5.74, 6) is 1.74. The van der Waals surface area contributed by atoms with E-state index in [0.717, 1.165) is 47.6 Å². The van der Waals surface area contributed by atoms with E-state index < -0.39 is 7.14 Å². The largest absolute Gasteiger partial charge is 0.489 e. The second-order valence-electron chi connectivity index (χ2n) is 11.8. The third-order valence-electron chi connectivity index (χ3n) is 8.44. The number of piperazine rings is 1. The molecule has 0 aliphatic carbocycles. The first kappa shape index (κ1) is 28.3. The van der Waals surface area contributed by atoms with Gasteiger partial charge in [0.15, 0.2) is 5.82 Å². The van der Waals surface area contributed by atoms with Crippen molar-refractivity contribution in [2.24, 2.45) is 0 Å². The minimum absolute atomic E-state index is 0.367. The normalized spacial score (nSPS) is 20.2. The van der Waals surface area contributed by atoms with E-state index in [1.807, 2.05) is 30.3 Å². The summed E-state index contributed by atoms with van der Waals surface area (Å²) in [6.45, 7) is 11.9. The Balaban J connectivity index is 1.18. The lowest BCUT2D eigenvalue weighted by Gasteiger charge is -2.49.